The second kappa shape index (κ2) is 5.44. The van der Waals surface area contributed by atoms with Crippen molar-refractivity contribution in [1.82, 2.24) is 4.90 Å². The first kappa shape index (κ1) is 13.5. The van der Waals surface area contributed by atoms with Crippen LogP contribution in [0.1, 0.15) is 20.3 Å². The Morgan fingerprint density at radius 2 is 1.93 bits per heavy atom. The largest absolute Gasteiger partial charge is 0.397 e. The van der Waals surface area contributed by atoms with Gasteiger partial charge in [0.2, 0.25) is 5.91 Å². The number of hydrogen-bond donors (Lipinski definition) is 0. The molecule has 0 aliphatic carbocycles. The highest BCUT2D eigenvalue weighted by Crippen LogP contribution is 2.21. The normalized spacial score (nSPS) is 11.9. The van der Waals surface area contributed by atoms with Crippen LogP contribution in [0.5, 0.6) is 0 Å². The van der Waals surface area contributed by atoms with E-state index in [2.05, 4.69) is 0 Å². The van der Waals surface area contributed by atoms with Crippen LogP contribution in [-0.4, -0.2) is 35.4 Å². The van der Waals surface area contributed by atoms with E-state index in [-0.39, 0.29) is 18.5 Å². The predicted molar refractivity (Wildman–Crippen MR) is 48.2 cm³/mol. The number of amides is 1. The summed E-state index contributed by atoms with van der Waals surface area (Å²) in [4.78, 5) is 12.3. The average molecular weight is 232 g/mol. The van der Waals surface area contributed by atoms with Gasteiger partial charge >= 0.3 is 6.18 Å². The summed E-state index contributed by atoms with van der Waals surface area (Å²) in [6.45, 7) is 3.45. The Morgan fingerprint density at radius 1 is 1.43 bits per heavy atom. The summed E-state index contributed by atoms with van der Waals surface area (Å²) in [5.41, 5.74) is 0. The Kier molecular flexibility index (Phi) is 5.26. The minimum absolute atomic E-state index is 0.141. The molecule has 0 saturated carbocycles. The number of alkyl halides is 4. The molecule has 1 amide bonds. The molecule has 0 rings (SSSR count). The topological polar surface area (TPSA) is 20.3 Å². The van der Waals surface area contributed by atoms with Gasteiger partial charge in [-0.25, -0.2) is 0 Å². The molecule has 0 aliphatic rings. The van der Waals surface area contributed by atoms with Gasteiger partial charge < -0.3 is 4.90 Å². The van der Waals surface area contributed by atoms with Gasteiger partial charge in [0.15, 0.2) is 0 Å². The first-order chi connectivity index (χ1) is 6.28. The second-order valence-electron chi connectivity index (χ2n) is 3.16. The number of carbonyl (C=O) groups is 1. The number of halogens is 4. The van der Waals surface area contributed by atoms with E-state index in [1.807, 2.05) is 0 Å². The fourth-order valence-electron chi connectivity index (χ4n) is 1.03. The maximum Gasteiger partial charge on any atom is 0.397 e. The molecule has 0 N–H and O–H groups in total. The maximum absolute atomic E-state index is 11.9. The first-order valence-electron chi connectivity index (χ1n) is 4.20. The molecule has 0 spiro atoms. The van der Waals surface area contributed by atoms with Gasteiger partial charge in [-0.15, -0.1) is 11.6 Å². The smallest absolute Gasteiger partial charge is 0.339 e. The number of rotatable bonds is 4. The van der Waals surface area contributed by atoms with Crippen molar-refractivity contribution in [3.63, 3.8) is 0 Å². The van der Waals surface area contributed by atoms with Gasteiger partial charge in [-0.3, -0.25) is 4.79 Å². The molecule has 2 nitrogen and oxygen atoms in total. The molecule has 0 fully saturated rings. The Bertz CT molecular complexity index is 194. The Hall–Kier alpha value is -0.450. The summed E-state index contributed by atoms with van der Waals surface area (Å²) in [6, 6.07) is -0.261. The van der Waals surface area contributed by atoms with Crippen molar-refractivity contribution in [2.24, 2.45) is 0 Å². The Balaban J connectivity index is 4.30. The van der Waals surface area contributed by atoms with Crippen molar-refractivity contribution in [3.05, 3.63) is 0 Å². The van der Waals surface area contributed by atoms with E-state index in [0.717, 1.165) is 4.90 Å². The summed E-state index contributed by atoms with van der Waals surface area (Å²) in [6.07, 6.45) is -5.86. The zero-order valence-electron chi connectivity index (χ0n) is 8.07. The lowest BCUT2D eigenvalue weighted by molar-refractivity contribution is -0.162. The van der Waals surface area contributed by atoms with E-state index in [4.69, 9.17) is 11.6 Å². The fraction of sp³-hybridized carbons (Fsp3) is 0.875. The Labute approximate surface area is 86.0 Å². The summed E-state index contributed by atoms with van der Waals surface area (Å²) in [5.74, 6) is -0.782. The van der Waals surface area contributed by atoms with Gasteiger partial charge in [-0.2, -0.15) is 13.2 Å². The predicted octanol–water partition coefficient (Wildman–Crippen LogP) is 2.41. The summed E-state index contributed by atoms with van der Waals surface area (Å²) >= 11 is 5.38. The van der Waals surface area contributed by atoms with Gasteiger partial charge in [0.1, 0.15) is 6.42 Å². The zero-order valence-corrected chi connectivity index (χ0v) is 8.82. The van der Waals surface area contributed by atoms with Crippen LogP contribution in [0.3, 0.4) is 0 Å². The lowest BCUT2D eigenvalue weighted by Gasteiger charge is -2.26. The Morgan fingerprint density at radius 3 is 2.21 bits per heavy atom. The minimum Gasteiger partial charge on any atom is -0.339 e. The number of hydrogen-bond acceptors (Lipinski definition) is 1. The van der Waals surface area contributed by atoms with Crippen molar-refractivity contribution in [3.8, 4) is 0 Å². The van der Waals surface area contributed by atoms with Crippen LogP contribution in [-0.2, 0) is 4.79 Å². The van der Waals surface area contributed by atoms with Gasteiger partial charge in [0.05, 0.1) is 0 Å². The standard InChI is InChI=1S/C8H13ClF3NO/c1-6(2)13(4-3-9)7(14)5-8(10,11)12/h6H,3-5H2,1-2H3. The fourth-order valence-corrected chi connectivity index (χ4v) is 1.22. The van der Waals surface area contributed by atoms with Crippen molar-refractivity contribution >= 4 is 17.5 Å². The highest BCUT2D eigenvalue weighted by atomic mass is 35.5. The molecule has 6 heteroatoms. The second-order valence-corrected chi connectivity index (χ2v) is 3.54. The third-order valence-electron chi connectivity index (χ3n) is 1.62. The molecule has 0 heterocycles. The summed E-state index contributed by atoms with van der Waals surface area (Å²) in [7, 11) is 0. The zero-order chi connectivity index (χ0) is 11.4. The molecule has 0 aliphatic heterocycles. The number of carbonyl (C=O) groups excluding carboxylic acids is 1. The van der Waals surface area contributed by atoms with Gasteiger partial charge in [0, 0.05) is 18.5 Å². The van der Waals surface area contributed by atoms with Crippen LogP contribution in [0.2, 0.25) is 0 Å². The molecular formula is C8H13ClF3NO. The molecule has 0 radical (unpaired) electrons. The lowest BCUT2D eigenvalue weighted by Crippen LogP contribution is -2.40. The molecule has 0 aromatic carbocycles. The van der Waals surface area contributed by atoms with Gasteiger partial charge in [0.25, 0.3) is 0 Å². The first-order valence-corrected chi connectivity index (χ1v) is 4.73. The maximum atomic E-state index is 11.9. The molecule has 14 heavy (non-hydrogen) atoms. The van der Waals surface area contributed by atoms with E-state index >= 15 is 0 Å². The molecule has 0 aromatic heterocycles. The molecule has 84 valence electrons. The minimum atomic E-state index is -4.45. The van der Waals surface area contributed by atoms with E-state index in [0.29, 0.717) is 0 Å². The third kappa shape index (κ3) is 5.32. The van der Waals surface area contributed by atoms with E-state index in [1.165, 1.54) is 0 Å². The quantitative estimate of drug-likeness (QED) is 0.681. The van der Waals surface area contributed by atoms with Crippen LogP contribution in [0.4, 0.5) is 13.2 Å². The van der Waals surface area contributed by atoms with Crippen LogP contribution in [0, 0.1) is 0 Å². The average Bonchev–Trinajstić information content (AvgIpc) is 1.95. The molecule has 0 saturated heterocycles. The van der Waals surface area contributed by atoms with Crippen LogP contribution >= 0.6 is 11.6 Å². The third-order valence-corrected chi connectivity index (χ3v) is 1.79. The summed E-state index contributed by atoms with van der Waals surface area (Å²) < 4.78 is 35.7. The van der Waals surface area contributed by atoms with E-state index in [1.54, 1.807) is 13.8 Å². The van der Waals surface area contributed by atoms with Crippen LogP contribution < -0.4 is 0 Å². The van der Waals surface area contributed by atoms with Crippen molar-refractivity contribution in [2.75, 3.05) is 12.4 Å². The highest BCUT2D eigenvalue weighted by Gasteiger charge is 2.33. The molecule has 0 unspecified atom stereocenters. The van der Waals surface area contributed by atoms with Crippen molar-refractivity contribution in [1.29, 1.82) is 0 Å². The van der Waals surface area contributed by atoms with Crippen LogP contribution in [0.25, 0.3) is 0 Å². The SMILES string of the molecule is CC(C)N(CCCl)C(=O)CC(F)(F)F. The molecular weight excluding hydrogens is 219 g/mol. The van der Waals surface area contributed by atoms with Gasteiger partial charge in [-0.05, 0) is 13.8 Å². The van der Waals surface area contributed by atoms with Crippen molar-refractivity contribution in [2.45, 2.75) is 32.5 Å². The van der Waals surface area contributed by atoms with E-state index < -0.39 is 18.5 Å². The monoisotopic (exact) mass is 231 g/mol. The lowest BCUT2D eigenvalue weighted by atomic mass is 10.2. The van der Waals surface area contributed by atoms with Gasteiger partial charge in [-0.1, -0.05) is 0 Å². The molecule has 0 atom stereocenters. The molecule has 0 aromatic rings. The van der Waals surface area contributed by atoms with Crippen molar-refractivity contribution < 1.29 is 18.0 Å². The summed E-state index contributed by atoms with van der Waals surface area (Å²) in [5, 5.41) is 0. The highest BCUT2D eigenvalue weighted by molar-refractivity contribution is 6.18. The van der Waals surface area contributed by atoms with Crippen LogP contribution in [0.15, 0.2) is 0 Å². The van der Waals surface area contributed by atoms with E-state index in [9.17, 15) is 18.0 Å². The molecule has 0 bridgehead atoms. The number of nitrogens with zero attached hydrogens (tertiary/aromatic N) is 1.